The summed E-state index contributed by atoms with van der Waals surface area (Å²) < 4.78 is 9.47. The van der Waals surface area contributed by atoms with E-state index < -0.39 is 17.7 Å². The average molecular weight is 262 g/mol. The smallest absolute Gasteiger partial charge is 0.375 e. The van der Waals surface area contributed by atoms with E-state index in [1.54, 1.807) is 25.3 Å². The highest BCUT2D eigenvalue weighted by Gasteiger charge is 2.36. The molecule has 1 aromatic rings. The normalized spacial score (nSPS) is 17.6. The topological polar surface area (TPSA) is 69.7 Å². The molecule has 0 aliphatic heterocycles. The van der Waals surface area contributed by atoms with Gasteiger partial charge in [0.05, 0.1) is 20.1 Å². The standard InChI is InChI=1S/C14H14O5/c1-18-9-4-6-10-8(7-9)3-5-11(12(10)15)13(16)14(17)19-2/h4,6-7,11H,3,5H2,1-2H3. The van der Waals surface area contributed by atoms with Gasteiger partial charge < -0.3 is 9.47 Å². The van der Waals surface area contributed by atoms with Crippen LogP contribution in [0, 0.1) is 5.92 Å². The van der Waals surface area contributed by atoms with Gasteiger partial charge in [-0.15, -0.1) is 0 Å². The SMILES string of the molecule is COC(=O)C(=O)C1CCc2cc(OC)ccc2C1=O. The van der Waals surface area contributed by atoms with Gasteiger partial charge in [-0.25, -0.2) is 4.79 Å². The number of Topliss-reactive ketones (excluding diaryl/α,β-unsaturated/α-hetero) is 2. The molecule has 1 aromatic carbocycles. The molecule has 0 radical (unpaired) electrons. The van der Waals surface area contributed by atoms with E-state index in [4.69, 9.17) is 4.74 Å². The van der Waals surface area contributed by atoms with Gasteiger partial charge in [-0.2, -0.15) is 0 Å². The third kappa shape index (κ3) is 2.36. The molecule has 0 bridgehead atoms. The van der Waals surface area contributed by atoms with Crippen LogP contribution >= 0.6 is 0 Å². The van der Waals surface area contributed by atoms with Crippen molar-refractivity contribution in [2.24, 2.45) is 5.92 Å². The predicted octanol–water partition coefficient (Wildman–Crippen LogP) is 1.18. The molecule has 0 heterocycles. The third-order valence-corrected chi connectivity index (χ3v) is 3.30. The zero-order chi connectivity index (χ0) is 14.0. The Morgan fingerprint density at radius 1 is 1.26 bits per heavy atom. The molecule has 0 aromatic heterocycles. The highest BCUT2D eigenvalue weighted by atomic mass is 16.5. The van der Waals surface area contributed by atoms with Crippen LogP contribution < -0.4 is 4.74 Å². The Balaban J connectivity index is 2.30. The van der Waals surface area contributed by atoms with Crippen LogP contribution in [-0.2, 0) is 20.7 Å². The average Bonchev–Trinajstić information content (AvgIpc) is 2.45. The number of rotatable bonds is 3. The van der Waals surface area contributed by atoms with Gasteiger partial charge in [0.15, 0.2) is 5.78 Å². The number of benzene rings is 1. The second-order valence-corrected chi connectivity index (χ2v) is 4.33. The lowest BCUT2D eigenvalue weighted by Crippen LogP contribution is -2.34. The fourth-order valence-corrected chi connectivity index (χ4v) is 2.26. The van der Waals surface area contributed by atoms with Gasteiger partial charge in [0.1, 0.15) is 5.75 Å². The molecule has 1 aliphatic carbocycles. The van der Waals surface area contributed by atoms with E-state index in [9.17, 15) is 14.4 Å². The number of hydrogen-bond acceptors (Lipinski definition) is 5. The van der Waals surface area contributed by atoms with Crippen LogP contribution in [0.1, 0.15) is 22.3 Å². The highest BCUT2D eigenvalue weighted by Crippen LogP contribution is 2.29. The van der Waals surface area contributed by atoms with Crippen molar-refractivity contribution in [3.63, 3.8) is 0 Å². The minimum absolute atomic E-state index is 0.320. The third-order valence-electron chi connectivity index (χ3n) is 3.30. The first-order chi connectivity index (χ1) is 9.08. The van der Waals surface area contributed by atoms with Gasteiger partial charge >= 0.3 is 5.97 Å². The largest absolute Gasteiger partial charge is 0.497 e. The Kier molecular flexibility index (Phi) is 3.64. The number of carbonyl (C=O) groups is 3. The molecular weight excluding hydrogens is 248 g/mol. The molecule has 0 saturated heterocycles. The van der Waals surface area contributed by atoms with Crippen molar-refractivity contribution in [1.82, 2.24) is 0 Å². The molecule has 0 spiro atoms. The van der Waals surface area contributed by atoms with Crippen molar-refractivity contribution in [2.45, 2.75) is 12.8 Å². The van der Waals surface area contributed by atoms with E-state index in [-0.39, 0.29) is 5.78 Å². The molecule has 0 N–H and O–H groups in total. The quantitative estimate of drug-likeness (QED) is 0.465. The lowest BCUT2D eigenvalue weighted by Gasteiger charge is -2.21. The van der Waals surface area contributed by atoms with Gasteiger partial charge in [0.25, 0.3) is 5.78 Å². The fraction of sp³-hybridized carbons (Fsp3) is 0.357. The molecule has 100 valence electrons. The first kappa shape index (κ1) is 13.3. The maximum Gasteiger partial charge on any atom is 0.375 e. The van der Waals surface area contributed by atoms with Gasteiger partial charge in [-0.1, -0.05) is 0 Å². The van der Waals surface area contributed by atoms with Crippen molar-refractivity contribution >= 4 is 17.5 Å². The Labute approximate surface area is 110 Å². The van der Waals surface area contributed by atoms with Crippen LogP contribution in [0.2, 0.25) is 0 Å². The van der Waals surface area contributed by atoms with Crippen molar-refractivity contribution in [2.75, 3.05) is 14.2 Å². The lowest BCUT2D eigenvalue weighted by atomic mass is 9.80. The number of hydrogen-bond donors (Lipinski definition) is 0. The summed E-state index contributed by atoms with van der Waals surface area (Å²) in [6.07, 6.45) is 0.888. The maximum absolute atomic E-state index is 12.2. The lowest BCUT2D eigenvalue weighted by molar-refractivity contribution is -0.153. The monoisotopic (exact) mass is 262 g/mol. The van der Waals surface area contributed by atoms with E-state index in [1.807, 2.05) is 0 Å². The van der Waals surface area contributed by atoms with E-state index >= 15 is 0 Å². The van der Waals surface area contributed by atoms with Crippen LogP contribution in [0.4, 0.5) is 0 Å². The van der Waals surface area contributed by atoms with E-state index in [1.165, 1.54) is 0 Å². The van der Waals surface area contributed by atoms with Crippen molar-refractivity contribution < 1.29 is 23.9 Å². The number of fused-ring (bicyclic) bond motifs is 1. The molecule has 0 saturated carbocycles. The number of ketones is 2. The number of ether oxygens (including phenoxy) is 2. The minimum Gasteiger partial charge on any atom is -0.497 e. The summed E-state index contributed by atoms with van der Waals surface area (Å²) in [6, 6.07) is 5.08. The molecule has 19 heavy (non-hydrogen) atoms. The molecule has 5 heteroatoms. The summed E-state index contributed by atoms with van der Waals surface area (Å²) in [5.74, 6) is -2.30. The van der Waals surface area contributed by atoms with Gasteiger partial charge in [-0.05, 0) is 36.6 Å². The molecule has 1 aliphatic rings. The summed E-state index contributed by atoms with van der Waals surface area (Å²) in [4.78, 5) is 35.2. The number of aryl methyl sites for hydroxylation is 1. The van der Waals surface area contributed by atoms with Crippen molar-refractivity contribution in [1.29, 1.82) is 0 Å². The van der Waals surface area contributed by atoms with Gasteiger partial charge in [-0.3, -0.25) is 9.59 Å². The predicted molar refractivity (Wildman–Crippen MR) is 66.2 cm³/mol. The van der Waals surface area contributed by atoms with Crippen molar-refractivity contribution in [3.8, 4) is 5.75 Å². The molecule has 2 rings (SSSR count). The minimum atomic E-state index is -0.963. The second kappa shape index (κ2) is 5.22. The Morgan fingerprint density at radius 2 is 2.00 bits per heavy atom. The van der Waals surface area contributed by atoms with Gasteiger partial charge in [0.2, 0.25) is 0 Å². The number of carbonyl (C=O) groups excluding carboxylic acids is 3. The number of methoxy groups -OCH3 is 2. The zero-order valence-corrected chi connectivity index (χ0v) is 10.8. The van der Waals surface area contributed by atoms with Crippen LogP contribution in [0.3, 0.4) is 0 Å². The molecule has 1 unspecified atom stereocenters. The van der Waals surface area contributed by atoms with Crippen molar-refractivity contribution in [3.05, 3.63) is 29.3 Å². The summed E-state index contributed by atoms with van der Waals surface area (Å²) in [5, 5.41) is 0. The van der Waals surface area contributed by atoms with Crippen LogP contribution in [0.15, 0.2) is 18.2 Å². The number of esters is 1. The summed E-state index contributed by atoms with van der Waals surface area (Å²) in [5.41, 5.74) is 1.33. The molecular formula is C14H14O5. The van der Waals surface area contributed by atoms with Crippen LogP contribution in [-0.4, -0.2) is 31.8 Å². The first-order valence-electron chi connectivity index (χ1n) is 5.91. The van der Waals surface area contributed by atoms with Crippen LogP contribution in [0.5, 0.6) is 5.75 Å². The summed E-state index contributed by atoms with van der Waals surface area (Å²) >= 11 is 0. The Bertz CT molecular complexity index is 547. The van der Waals surface area contributed by atoms with Crippen LogP contribution in [0.25, 0.3) is 0 Å². The molecule has 0 amide bonds. The maximum atomic E-state index is 12.2. The Hall–Kier alpha value is -2.17. The zero-order valence-electron chi connectivity index (χ0n) is 10.8. The highest BCUT2D eigenvalue weighted by molar-refractivity contribution is 6.39. The fourth-order valence-electron chi connectivity index (χ4n) is 2.26. The second-order valence-electron chi connectivity index (χ2n) is 4.33. The summed E-state index contributed by atoms with van der Waals surface area (Å²) in [6.45, 7) is 0. The molecule has 5 nitrogen and oxygen atoms in total. The van der Waals surface area contributed by atoms with E-state index in [0.717, 1.165) is 12.7 Å². The van der Waals surface area contributed by atoms with Gasteiger partial charge in [0, 0.05) is 5.56 Å². The summed E-state index contributed by atoms with van der Waals surface area (Å²) in [7, 11) is 2.68. The Morgan fingerprint density at radius 3 is 2.63 bits per heavy atom. The molecule has 0 fully saturated rings. The van der Waals surface area contributed by atoms with E-state index in [2.05, 4.69) is 4.74 Å². The first-order valence-corrected chi connectivity index (χ1v) is 5.91. The molecule has 1 atom stereocenters. The van der Waals surface area contributed by atoms with E-state index in [0.29, 0.717) is 24.2 Å².